The fourth-order valence-corrected chi connectivity index (χ4v) is 5.09. The van der Waals surface area contributed by atoms with Crippen LogP contribution in [-0.4, -0.2) is 49.9 Å². The van der Waals surface area contributed by atoms with Crippen LogP contribution in [0.4, 0.5) is 9.52 Å². The molecular formula is C20H18FN3O4S2. The topological polar surface area (TPSA) is 88.6 Å². The Morgan fingerprint density at radius 3 is 2.40 bits per heavy atom. The molecule has 0 bridgehead atoms. The molecule has 0 atom stereocenters. The normalized spacial score (nSPS) is 15.1. The van der Waals surface area contributed by atoms with Gasteiger partial charge in [-0.05, 0) is 36.4 Å². The third-order valence-corrected chi connectivity index (χ3v) is 7.26. The second-order valence-electron chi connectivity index (χ2n) is 6.54. The molecule has 2 heterocycles. The molecule has 0 unspecified atom stereocenters. The van der Waals surface area contributed by atoms with Crippen LogP contribution in [0.1, 0.15) is 10.4 Å². The molecule has 0 saturated carbocycles. The quantitative estimate of drug-likeness (QED) is 0.649. The Labute approximate surface area is 177 Å². The van der Waals surface area contributed by atoms with Gasteiger partial charge in [0.1, 0.15) is 5.82 Å². The second kappa shape index (κ2) is 8.60. The molecule has 1 aromatic heterocycles. The smallest absolute Gasteiger partial charge is 0.257 e. The molecule has 30 heavy (non-hydrogen) atoms. The average Bonchev–Trinajstić information content (AvgIpc) is 3.23. The van der Waals surface area contributed by atoms with Crippen LogP contribution in [0.3, 0.4) is 0 Å². The van der Waals surface area contributed by atoms with Crippen molar-refractivity contribution in [3.63, 3.8) is 0 Å². The van der Waals surface area contributed by atoms with Gasteiger partial charge in [-0.3, -0.25) is 10.1 Å². The van der Waals surface area contributed by atoms with Gasteiger partial charge in [-0.25, -0.2) is 17.8 Å². The van der Waals surface area contributed by atoms with Crippen molar-refractivity contribution in [2.45, 2.75) is 4.90 Å². The Morgan fingerprint density at radius 1 is 1.07 bits per heavy atom. The van der Waals surface area contributed by atoms with E-state index in [-0.39, 0.29) is 10.8 Å². The van der Waals surface area contributed by atoms with E-state index in [2.05, 4.69) is 10.3 Å². The van der Waals surface area contributed by atoms with Gasteiger partial charge in [0, 0.05) is 29.6 Å². The van der Waals surface area contributed by atoms with E-state index in [1.165, 1.54) is 39.9 Å². The number of nitrogens with one attached hydrogen (secondary N) is 1. The average molecular weight is 448 g/mol. The summed E-state index contributed by atoms with van der Waals surface area (Å²) in [6, 6.07) is 11.7. The zero-order valence-corrected chi connectivity index (χ0v) is 17.4. The van der Waals surface area contributed by atoms with E-state index in [1.807, 2.05) is 0 Å². The number of sulfonamides is 1. The standard InChI is InChI=1S/C20H18FN3O4S2/c21-16-5-1-15(2-6-16)19(25)23-20-22-18(13-29-20)14-3-7-17(8-4-14)30(26,27)24-9-11-28-12-10-24/h1-8,13H,9-12H2,(H,22,23,25). The maximum atomic E-state index is 13.0. The van der Waals surface area contributed by atoms with Gasteiger partial charge in [0.2, 0.25) is 10.0 Å². The highest BCUT2D eigenvalue weighted by atomic mass is 32.2. The Kier molecular flexibility index (Phi) is 5.91. The first-order valence-corrected chi connectivity index (χ1v) is 11.5. The third kappa shape index (κ3) is 4.41. The second-order valence-corrected chi connectivity index (χ2v) is 9.34. The number of ether oxygens (including phenoxy) is 1. The lowest BCUT2D eigenvalue weighted by Gasteiger charge is -2.26. The van der Waals surface area contributed by atoms with E-state index in [0.29, 0.717) is 42.7 Å². The number of aromatic nitrogens is 1. The molecule has 4 rings (SSSR count). The number of halogens is 1. The summed E-state index contributed by atoms with van der Waals surface area (Å²) in [6.45, 7) is 1.46. The van der Waals surface area contributed by atoms with E-state index < -0.39 is 15.8 Å². The van der Waals surface area contributed by atoms with Crippen molar-refractivity contribution in [3.8, 4) is 11.3 Å². The van der Waals surface area contributed by atoms with Crippen LogP contribution in [0.15, 0.2) is 58.8 Å². The molecule has 2 aromatic carbocycles. The fourth-order valence-electron chi connectivity index (χ4n) is 2.97. The largest absolute Gasteiger partial charge is 0.379 e. The summed E-state index contributed by atoms with van der Waals surface area (Å²) in [5.74, 6) is -0.801. The molecule has 0 aliphatic carbocycles. The predicted molar refractivity (Wildman–Crippen MR) is 111 cm³/mol. The molecule has 1 aliphatic rings. The minimum Gasteiger partial charge on any atom is -0.379 e. The summed E-state index contributed by atoms with van der Waals surface area (Å²) in [5.41, 5.74) is 1.67. The van der Waals surface area contributed by atoms with Crippen molar-refractivity contribution in [1.82, 2.24) is 9.29 Å². The lowest BCUT2D eigenvalue weighted by molar-refractivity contribution is 0.0730. The molecule has 7 nitrogen and oxygen atoms in total. The number of hydrogen-bond donors (Lipinski definition) is 1. The third-order valence-electron chi connectivity index (χ3n) is 4.59. The van der Waals surface area contributed by atoms with Gasteiger partial charge in [-0.1, -0.05) is 12.1 Å². The van der Waals surface area contributed by atoms with Gasteiger partial charge >= 0.3 is 0 Å². The van der Waals surface area contributed by atoms with Crippen LogP contribution in [0.2, 0.25) is 0 Å². The number of nitrogens with zero attached hydrogens (tertiary/aromatic N) is 2. The van der Waals surface area contributed by atoms with Crippen molar-refractivity contribution >= 4 is 32.4 Å². The van der Waals surface area contributed by atoms with Gasteiger partial charge in [-0.2, -0.15) is 4.31 Å². The van der Waals surface area contributed by atoms with E-state index in [9.17, 15) is 17.6 Å². The number of morpholine rings is 1. The van der Waals surface area contributed by atoms with Crippen LogP contribution in [0.5, 0.6) is 0 Å². The highest BCUT2D eigenvalue weighted by Gasteiger charge is 2.26. The van der Waals surface area contributed by atoms with Gasteiger partial charge < -0.3 is 4.74 Å². The summed E-state index contributed by atoms with van der Waals surface area (Å²) < 4.78 is 45.0. The Balaban J connectivity index is 1.47. The SMILES string of the molecule is O=C(Nc1nc(-c2ccc(S(=O)(=O)N3CCOCC3)cc2)cs1)c1ccc(F)cc1. The van der Waals surface area contributed by atoms with Crippen LogP contribution >= 0.6 is 11.3 Å². The predicted octanol–water partition coefficient (Wildman–Crippen LogP) is 3.22. The van der Waals surface area contributed by atoms with Crippen LogP contribution in [-0.2, 0) is 14.8 Å². The molecule has 1 N–H and O–H groups in total. The summed E-state index contributed by atoms with van der Waals surface area (Å²) >= 11 is 1.25. The molecule has 0 radical (unpaired) electrons. The van der Waals surface area contributed by atoms with Crippen LogP contribution < -0.4 is 5.32 Å². The van der Waals surface area contributed by atoms with Crippen molar-refractivity contribution < 1.29 is 22.3 Å². The van der Waals surface area contributed by atoms with Gasteiger partial charge in [0.25, 0.3) is 5.91 Å². The lowest BCUT2D eigenvalue weighted by Crippen LogP contribution is -2.40. The number of carbonyl (C=O) groups excluding carboxylic acids is 1. The lowest BCUT2D eigenvalue weighted by atomic mass is 10.2. The van der Waals surface area contributed by atoms with E-state index in [1.54, 1.807) is 29.6 Å². The maximum absolute atomic E-state index is 13.0. The van der Waals surface area contributed by atoms with E-state index >= 15 is 0 Å². The molecule has 1 amide bonds. The summed E-state index contributed by atoms with van der Waals surface area (Å²) in [5, 5.41) is 4.84. The molecule has 1 saturated heterocycles. The van der Waals surface area contributed by atoms with Gasteiger partial charge in [-0.15, -0.1) is 11.3 Å². The van der Waals surface area contributed by atoms with Crippen LogP contribution in [0, 0.1) is 5.82 Å². The monoisotopic (exact) mass is 447 g/mol. The Bertz CT molecular complexity index is 1140. The molecule has 1 aliphatic heterocycles. The molecular weight excluding hydrogens is 429 g/mol. The molecule has 156 valence electrons. The van der Waals surface area contributed by atoms with Crippen molar-refractivity contribution in [1.29, 1.82) is 0 Å². The number of hydrogen-bond acceptors (Lipinski definition) is 6. The molecule has 3 aromatic rings. The zero-order valence-electron chi connectivity index (χ0n) is 15.7. The van der Waals surface area contributed by atoms with E-state index in [0.717, 1.165) is 5.56 Å². The summed E-state index contributed by atoms with van der Waals surface area (Å²) in [7, 11) is -3.55. The van der Waals surface area contributed by atoms with Crippen molar-refractivity contribution in [3.05, 3.63) is 65.3 Å². The number of thiazole rings is 1. The van der Waals surface area contributed by atoms with Crippen molar-refractivity contribution in [2.24, 2.45) is 0 Å². The minimum absolute atomic E-state index is 0.216. The first-order chi connectivity index (χ1) is 14.4. The zero-order chi connectivity index (χ0) is 21.1. The Hall–Kier alpha value is -2.66. The summed E-state index contributed by atoms with van der Waals surface area (Å²) in [4.78, 5) is 16.8. The van der Waals surface area contributed by atoms with E-state index in [4.69, 9.17) is 4.74 Å². The number of benzene rings is 2. The minimum atomic E-state index is -3.55. The van der Waals surface area contributed by atoms with Gasteiger partial charge in [0.15, 0.2) is 5.13 Å². The number of carbonyl (C=O) groups is 1. The molecule has 1 fully saturated rings. The van der Waals surface area contributed by atoms with Crippen molar-refractivity contribution in [2.75, 3.05) is 31.6 Å². The Morgan fingerprint density at radius 2 is 1.73 bits per heavy atom. The summed E-state index contributed by atoms with van der Waals surface area (Å²) in [6.07, 6.45) is 0. The van der Waals surface area contributed by atoms with Gasteiger partial charge in [0.05, 0.1) is 23.8 Å². The number of anilines is 1. The maximum Gasteiger partial charge on any atom is 0.257 e. The highest BCUT2D eigenvalue weighted by Crippen LogP contribution is 2.27. The highest BCUT2D eigenvalue weighted by molar-refractivity contribution is 7.89. The molecule has 10 heteroatoms. The number of amides is 1. The molecule has 0 spiro atoms. The number of rotatable bonds is 5. The first kappa shape index (κ1) is 20.6. The van der Waals surface area contributed by atoms with Crippen LogP contribution in [0.25, 0.3) is 11.3 Å². The first-order valence-electron chi connectivity index (χ1n) is 9.14. The fraction of sp³-hybridized carbons (Fsp3) is 0.200.